The minimum atomic E-state index is -0.660. The average Bonchev–Trinajstić information content (AvgIpc) is 2.60. The van der Waals surface area contributed by atoms with Crippen LogP contribution in [0.5, 0.6) is 0 Å². The third kappa shape index (κ3) is 3.07. The summed E-state index contributed by atoms with van der Waals surface area (Å²) in [5, 5.41) is 8.74. The molecule has 25 heavy (non-hydrogen) atoms. The van der Waals surface area contributed by atoms with Gasteiger partial charge in [0.25, 0.3) is 5.91 Å². The normalized spacial score (nSPS) is 24.0. The van der Waals surface area contributed by atoms with Gasteiger partial charge in [0.15, 0.2) is 0 Å². The van der Waals surface area contributed by atoms with Crippen molar-refractivity contribution in [3.05, 3.63) is 34.6 Å². The summed E-state index contributed by atoms with van der Waals surface area (Å²) in [6.45, 7) is 3.93. The first kappa shape index (κ1) is 16.9. The third-order valence-corrected chi connectivity index (χ3v) is 6.58. The standard InChI is InChI=1S/C19H26FN3O2/c1-22-6-3-19(4-7-22)10-15(11-19)23-5-2-13-8-14(18(24)21-25)9-17(20)16(13)12-23/h8-9,15,25H,2-7,10-12H2,1H3,(H,21,24). The number of nitrogens with zero attached hydrogens (tertiary/aromatic N) is 2. The van der Waals surface area contributed by atoms with Crippen LogP contribution in [0.4, 0.5) is 4.39 Å². The van der Waals surface area contributed by atoms with Crippen LogP contribution in [-0.2, 0) is 13.0 Å². The van der Waals surface area contributed by atoms with Crippen LogP contribution >= 0.6 is 0 Å². The second-order valence-corrected chi connectivity index (χ2v) is 8.12. The highest BCUT2D eigenvalue weighted by Gasteiger charge is 2.47. The van der Waals surface area contributed by atoms with E-state index in [0.29, 0.717) is 23.6 Å². The topological polar surface area (TPSA) is 55.8 Å². The zero-order valence-corrected chi connectivity index (χ0v) is 14.7. The SMILES string of the molecule is CN1CCC2(CC1)CC(N1CCc3cc(C(=O)NO)cc(F)c3C1)C2. The van der Waals surface area contributed by atoms with Gasteiger partial charge in [0.1, 0.15) is 5.82 Å². The minimum Gasteiger partial charge on any atom is -0.306 e. The number of piperidine rings is 1. The smallest absolute Gasteiger partial charge is 0.274 e. The molecule has 0 atom stereocenters. The summed E-state index contributed by atoms with van der Waals surface area (Å²) in [4.78, 5) is 16.4. The lowest BCUT2D eigenvalue weighted by Gasteiger charge is -2.55. The number of fused-ring (bicyclic) bond motifs is 1. The Morgan fingerprint density at radius 3 is 2.68 bits per heavy atom. The monoisotopic (exact) mass is 347 g/mol. The van der Waals surface area contributed by atoms with Crippen LogP contribution in [-0.4, -0.2) is 53.6 Å². The molecule has 5 nitrogen and oxygen atoms in total. The Balaban J connectivity index is 1.43. The van der Waals surface area contributed by atoms with Gasteiger partial charge in [0.2, 0.25) is 0 Å². The van der Waals surface area contributed by atoms with Crippen molar-refractivity contribution in [1.29, 1.82) is 0 Å². The van der Waals surface area contributed by atoms with E-state index in [4.69, 9.17) is 5.21 Å². The fourth-order valence-electron chi connectivity index (χ4n) is 4.85. The maximum absolute atomic E-state index is 14.5. The van der Waals surface area contributed by atoms with Gasteiger partial charge in [0.05, 0.1) is 0 Å². The molecule has 1 spiro atoms. The Bertz CT molecular complexity index is 677. The number of hydrogen-bond donors (Lipinski definition) is 2. The van der Waals surface area contributed by atoms with E-state index in [1.807, 2.05) is 0 Å². The number of hydroxylamine groups is 1. The van der Waals surface area contributed by atoms with Gasteiger partial charge in [-0.15, -0.1) is 0 Å². The van der Waals surface area contributed by atoms with Crippen LogP contribution in [0.25, 0.3) is 0 Å². The molecule has 6 heteroatoms. The molecule has 2 N–H and O–H groups in total. The Hall–Kier alpha value is -1.50. The van der Waals surface area contributed by atoms with Gasteiger partial charge >= 0.3 is 0 Å². The summed E-state index contributed by atoms with van der Waals surface area (Å²) >= 11 is 0. The van der Waals surface area contributed by atoms with Crippen LogP contribution < -0.4 is 5.48 Å². The fourth-order valence-corrected chi connectivity index (χ4v) is 4.85. The van der Waals surface area contributed by atoms with Gasteiger partial charge in [0, 0.05) is 30.3 Å². The van der Waals surface area contributed by atoms with E-state index in [-0.39, 0.29) is 11.4 Å². The minimum absolute atomic E-state index is 0.182. The molecule has 4 rings (SSSR count). The molecular weight excluding hydrogens is 321 g/mol. The van der Waals surface area contributed by atoms with Crippen LogP contribution in [0.15, 0.2) is 12.1 Å². The first-order valence-electron chi connectivity index (χ1n) is 9.18. The number of rotatable bonds is 2. The predicted molar refractivity (Wildman–Crippen MR) is 92.0 cm³/mol. The summed E-state index contributed by atoms with van der Waals surface area (Å²) < 4.78 is 14.5. The van der Waals surface area contributed by atoms with Crippen molar-refractivity contribution < 1.29 is 14.4 Å². The highest BCUT2D eigenvalue weighted by Crippen LogP contribution is 2.51. The lowest BCUT2D eigenvalue weighted by atomic mass is 9.60. The Labute approximate surface area is 147 Å². The molecule has 3 aliphatic rings. The quantitative estimate of drug-likeness (QED) is 0.636. The van der Waals surface area contributed by atoms with Crippen molar-refractivity contribution in [2.75, 3.05) is 26.7 Å². The Morgan fingerprint density at radius 2 is 2.00 bits per heavy atom. The summed E-state index contributed by atoms with van der Waals surface area (Å²) in [5.41, 5.74) is 3.89. The van der Waals surface area contributed by atoms with E-state index in [1.54, 1.807) is 11.5 Å². The number of benzene rings is 1. The molecule has 2 aliphatic heterocycles. The van der Waals surface area contributed by atoms with Gasteiger partial charge in [-0.2, -0.15) is 0 Å². The van der Waals surface area contributed by atoms with Crippen LogP contribution in [0.3, 0.4) is 0 Å². The van der Waals surface area contributed by atoms with E-state index in [0.717, 1.165) is 18.5 Å². The van der Waals surface area contributed by atoms with E-state index in [1.165, 1.54) is 44.8 Å². The number of halogens is 1. The second-order valence-electron chi connectivity index (χ2n) is 8.12. The molecule has 1 aliphatic carbocycles. The Kier molecular flexibility index (Phi) is 4.30. The molecule has 2 fully saturated rings. The maximum Gasteiger partial charge on any atom is 0.274 e. The first-order valence-corrected chi connectivity index (χ1v) is 9.18. The number of nitrogens with one attached hydrogen (secondary N) is 1. The number of carbonyl (C=O) groups is 1. The van der Waals surface area contributed by atoms with Crippen LogP contribution in [0, 0.1) is 11.2 Å². The maximum atomic E-state index is 14.5. The van der Waals surface area contributed by atoms with Crippen molar-refractivity contribution in [2.45, 2.75) is 44.7 Å². The van der Waals surface area contributed by atoms with Crippen molar-refractivity contribution in [2.24, 2.45) is 5.41 Å². The molecular formula is C19H26FN3O2. The van der Waals surface area contributed by atoms with Crippen molar-refractivity contribution in [3.63, 3.8) is 0 Å². The van der Waals surface area contributed by atoms with E-state index in [9.17, 15) is 9.18 Å². The largest absolute Gasteiger partial charge is 0.306 e. The molecule has 1 aromatic carbocycles. The molecule has 2 heterocycles. The van der Waals surface area contributed by atoms with E-state index in [2.05, 4.69) is 16.8 Å². The summed E-state index contributed by atoms with van der Waals surface area (Å²) in [7, 11) is 2.19. The van der Waals surface area contributed by atoms with Gasteiger partial charge in [-0.3, -0.25) is 14.9 Å². The zero-order chi connectivity index (χ0) is 17.6. The van der Waals surface area contributed by atoms with Crippen LogP contribution in [0.2, 0.25) is 0 Å². The molecule has 1 saturated heterocycles. The van der Waals surface area contributed by atoms with Gasteiger partial charge in [-0.25, -0.2) is 9.87 Å². The molecule has 1 saturated carbocycles. The molecule has 0 aromatic heterocycles. The van der Waals surface area contributed by atoms with Gasteiger partial charge < -0.3 is 4.90 Å². The lowest BCUT2D eigenvalue weighted by Crippen LogP contribution is -2.55. The van der Waals surface area contributed by atoms with Crippen molar-refractivity contribution in [3.8, 4) is 0 Å². The highest BCUT2D eigenvalue weighted by atomic mass is 19.1. The molecule has 0 unspecified atom stereocenters. The van der Waals surface area contributed by atoms with Crippen molar-refractivity contribution >= 4 is 5.91 Å². The molecule has 0 radical (unpaired) electrons. The summed E-state index contributed by atoms with van der Waals surface area (Å²) in [6, 6.07) is 3.50. The first-order chi connectivity index (χ1) is 12.0. The average molecular weight is 347 g/mol. The fraction of sp³-hybridized carbons (Fsp3) is 0.632. The van der Waals surface area contributed by atoms with E-state index >= 15 is 0 Å². The highest BCUT2D eigenvalue weighted by molar-refractivity contribution is 5.93. The van der Waals surface area contributed by atoms with Gasteiger partial charge in [-0.05, 0) is 75.4 Å². The predicted octanol–water partition coefficient (Wildman–Crippen LogP) is 2.18. The second kappa shape index (κ2) is 6.34. The van der Waals surface area contributed by atoms with Gasteiger partial charge in [-0.1, -0.05) is 0 Å². The molecule has 1 amide bonds. The Morgan fingerprint density at radius 1 is 1.28 bits per heavy atom. The molecule has 136 valence electrons. The third-order valence-electron chi connectivity index (χ3n) is 6.58. The molecule has 0 bridgehead atoms. The van der Waals surface area contributed by atoms with Crippen LogP contribution in [0.1, 0.15) is 47.2 Å². The number of amides is 1. The molecule has 1 aromatic rings. The van der Waals surface area contributed by atoms with E-state index < -0.39 is 5.91 Å². The number of likely N-dealkylation sites (tertiary alicyclic amines) is 1. The number of carbonyl (C=O) groups excluding carboxylic acids is 1. The summed E-state index contributed by atoms with van der Waals surface area (Å²) in [5.74, 6) is -0.999. The summed E-state index contributed by atoms with van der Waals surface area (Å²) in [6.07, 6.45) is 5.81. The number of hydrogen-bond acceptors (Lipinski definition) is 4. The zero-order valence-electron chi connectivity index (χ0n) is 14.7. The van der Waals surface area contributed by atoms with Crippen molar-refractivity contribution in [1.82, 2.24) is 15.3 Å². The lowest BCUT2D eigenvalue weighted by molar-refractivity contribution is -0.0438.